The summed E-state index contributed by atoms with van der Waals surface area (Å²) in [6.07, 6.45) is 2.97. The molecule has 0 fully saturated rings. The fourth-order valence-corrected chi connectivity index (χ4v) is 4.54. The number of urea groups is 1. The SMILES string of the molecule is CC(=O)SCCN(CCc1ccccc1)C(=O)N[C@@H](Cc1ccc([N+](=O)[O-])cc1)C(=O)NCCc1ccccn1. The van der Waals surface area contributed by atoms with Gasteiger partial charge in [-0.2, -0.15) is 0 Å². The Balaban J connectivity index is 1.71. The Labute approximate surface area is 237 Å². The van der Waals surface area contributed by atoms with E-state index in [1.807, 2.05) is 48.5 Å². The lowest BCUT2D eigenvalue weighted by Gasteiger charge is -2.26. The molecule has 11 heteroatoms. The second kappa shape index (κ2) is 16.0. The topological polar surface area (TPSA) is 135 Å². The molecule has 0 aliphatic carbocycles. The molecule has 0 unspecified atom stereocenters. The summed E-state index contributed by atoms with van der Waals surface area (Å²) in [5.74, 6) is 0.0599. The molecule has 0 spiro atoms. The zero-order valence-corrected chi connectivity index (χ0v) is 23.1. The molecule has 0 bridgehead atoms. The highest BCUT2D eigenvalue weighted by atomic mass is 32.2. The number of rotatable bonds is 14. The number of non-ortho nitro benzene ring substituents is 1. The second-order valence-electron chi connectivity index (χ2n) is 9.05. The van der Waals surface area contributed by atoms with Crippen molar-refractivity contribution in [1.82, 2.24) is 20.5 Å². The lowest BCUT2D eigenvalue weighted by molar-refractivity contribution is -0.384. The van der Waals surface area contributed by atoms with Crippen molar-refractivity contribution < 1.29 is 19.3 Å². The van der Waals surface area contributed by atoms with Crippen LogP contribution in [0, 0.1) is 10.1 Å². The highest BCUT2D eigenvalue weighted by Crippen LogP contribution is 2.14. The molecule has 0 aliphatic rings. The van der Waals surface area contributed by atoms with Gasteiger partial charge in [0.15, 0.2) is 5.12 Å². The summed E-state index contributed by atoms with van der Waals surface area (Å²) < 4.78 is 0. The number of hydrogen-bond donors (Lipinski definition) is 2. The highest BCUT2D eigenvalue weighted by Gasteiger charge is 2.24. The van der Waals surface area contributed by atoms with Crippen molar-refractivity contribution in [1.29, 1.82) is 0 Å². The van der Waals surface area contributed by atoms with Crippen molar-refractivity contribution in [3.63, 3.8) is 0 Å². The third-order valence-electron chi connectivity index (χ3n) is 6.07. The molecule has 3 rings (SSSR count). The van der Waals surface area contributed by atoms with Crippen molar-refractivity contribution >= 4 is 34.5 Å². The van der Waals surface area contributed by atoms with E-state index in [1.54, 1.807) is 23.2 Å². The summed E-state index contributed by atoms with van der Waals surface area (Å²) in [5, 5.41) is 16.7. The first-order valence-corrected chi connectivity index (χ1v) is 13.9. The van der Waals surface area contributed by atoms with E-state index in [2.05, 4.69) is 15.6 Å². The maximum Gasteiger partial charge on any atom is 0.318 e. The number of thioether (sulfide) groups is 1. The smallest absolute Gasteiger partial charge is 0.318 e. The average Bonchev–Trinajstić information content (AvgIpc) is 2.95. The van der Waals surface area contributed by atoms with Crippen LogP contribution in [0.2, 0.25) is 0 Å². The first-order chi connectivity index (χ1) is 19.3. The van der Waals surface area contributed by atoms with Crippen LogP contribution in [-0.2, 0) is 28.9 Å². The van der Waals surface area contributed by atoms with E-state index >= 15 is 0 Å². The van der Waals surface area contributed by atoms with Crippen LogP contribution in [0.25, 0.3) is 0 Å². The number of nitrogens with zero attached hydrogens (tertiary/aromatic N) is 3. The summed E-state index contributed by atoms with van der Waals surface area (Å²) in [6, 6.07) is 19.9. The third-order valence-corrected chi connectivity index (χ3v) is 6.87. The van der Waals surface area contributed by atoms with Crippen LogP contribution in [0.15, 0.2) is 79.0 Å². The van der Waals surface area contributed by atoms with Gasteiger partial charge in [0.25, 0.3) is 5.69 Å². The standard InChI is InChI=1S/C29H33N5O5S/c1-22(35)40-20-19-33(18-15-23-7-3-2-4-8-23)29(37)32-27(21-24-10-12-26(13-11-24)34(38)39)28(36)31-17-14-25-9-5-6-16-30-25/h2-13,16,27H,14-15,17-21H2,1H3,(H,31,36)(H,32,37)/t27-/m0/s1. The summed E-state index contributed by atoms with van der Waals surface area (Å²) in [7, 11) is 0. The Morgan fingerprint density at radius 2 is 1.68 bits per heavy atom. The van der Waals surface area contributed by atoms with E-state index in [0.717, 1.165) is 23.0 Å². The molecule has 210 valence electrons. The number of aromatic nitrogens is 1. The van der Waals surface area contributed by atoms with Gasteiger partial charge in [-0.15, -0.1) is 0 Å². The molecule has 3 amide bonds. The molecule has 0 aliphatic heterocycles. The van der Waals surface area contributed by atoms with Gasteiger partial charge in [-0.25, -0.2) is 4.79 Å². The number of nitro groups is 1. The van der Waals surface area contributed by atoms with Crippen molar-refractivity contribution in [2.24, 2.45) is 0 Å². The summed E-state index contributed by atoms with van der Waals surface area (Å²) in [5.41, 5.74) is 2.50. The van der Waals surface area contributed by atoms with E-state index in [-0.39, 0.29) is 23.1 Å². The van der Waals surface area contributed by atoms with Crippen LogP contribution in [0.3, 0.4) is 0 Å². The van der Waals surface area contributed by atoms with Gasteiger partial charge < -0.3 is 15.5 Å². The fraction of sp³-hybridized carbons (Fsp3) is 0.310. The minimum Gasteiger partial charge on any atom is -0.354 e. The molecule has 0 saturated heterocycles. The Morgan fingerprint density at radius 1 is 0.950 bits per heavy atom. The van der Waals surface area contributed by atoms with Gasteiger partial charge in [0.1, 0.15) is 6.04 Å². The Kier molecular flexibility index (Phi) is 12.1. The fourth-order valence-electron chi connectivity index (χ4n) is 3.95. The van der Waals surface area contributed by atoms with Gasteiger partial charge in [0, 0.05) is 69.2 Å². The van der Waals surface area contributed by atoms with Gasteiger partial charge in [-0.3, -0.25) is 24.7 Å². The molecule has 10 nitrogen and oxygen atoms in total. The van der Waals surface area contributed by atoms with E-state index < -0.39 is 17.0 Å². The number of carbonyl (C=O) groups is 3. The maximum absolute atomic E-state index is 13.4. The van der Waals surface area contributed by atoms with Gasteiger partial charge in [-0.1, -0.05) is 60.3 Å². The number of nitro benzene ring substituents is 1. The molecule has 40 heavy (non-hydrogen) atoms. The molecule has 1 atom stereocenters. The number of carbonyl (C=O) groups excluding carboxylic acids is 3. The van der Waals surface area contributed by atoms with Crippen LogP contribution in [0.5, 0.6) is 0 Å². The highest BCUT2D eigenvalue weighted by molar-refractivity contribution is 8.13. The summed E-state index contributed by atoms with van der Waals surface area (Å²) in [4.78, 5) is 54.5. The molecular weight excluding hydrogens is 530 g/mol. The van der Waals surface area contributed by atoms with E-state index in [9.17, 15) is 24.5 Å². The van der Waals surface area contributed by atoms with Gasteiger partial charge in [0.05, 0.1) is 4.92 Å². The number of benzene rings is 2. The lowest BCUT2D eigenvalue weighted by atomic mass is 10.0. The predicted octanol–water partition coefficient (Wildman–Crippen LogP) is 3.79. The first-order valence-electron chi connectivity index (χ1n) is 13.0. The lowest BCUT2D eigenvalue weighted by Crippen LogP contribution is -2.53. The van der Waals surface area contributed by atoms with E-state index in [4.69, 9.17) is 0 Å². The molecule has 2 aromatic carbocycles. The molecule has 1 heterocycles. The third kappa shape index (κ3) is 10.5. The van der Waals surface area contributed by atoms with Crippen LogP contribution >= 0.6 is 11.8 Å². The van der Waals surface area contributed by atoms with Gasteiger partial charge in [0.2, 0.25) is 5.91 Å². The maximum atomic E-state index is 13.4. The largest absolute Gasteiger partial charge is 0.354 e. The number of pyridine rings is 1. The molecule has 1 aromatic heterocycles. The summed E-state index contributed by atoms with van der Waals surface area (Å²) in [6.45, 7) is 2.54. The number of hydrogen-bond acceptors (Lipinski definition) is 7. The van der Waals surface area contributed by atoms with Crippen molar-refractivity contribution in [2.45, 2.75) is 32.2 Å². The zero-order chi connectivity index (χ0) is 28.7. The minimum absolute atomic E-state index is 0.0354. The summed E-state index contributed by atoms with van der Waals surface area (Å²) >= 11 is 1.14. The average molecular weight is 564 g/mol. The van der Waals surface area contributed by atoms with Crippen LogP contribution in [0.1, 0.15) is 23.7 Å². The van der Waals surface area contributed by atoms with E-state index in [0.29, 0.717) is 43.8 Å². The van der Waals surface area contributed by atoms with Gasteiger partial charge >= 0.3 is 6.03 Å². The first kappa shape index (κ1) is 30.3. The quantitative estimate of drug-likeness (QED) is 0.225. The minimum atomic E-state index is -0.919. The molecule has 0 saturated carbocycles. The van der Waals surface area contributed by atoms with Crippen molar-refractivity contribution in [2.75, 3.05) is 25.4 Å². The van der Waals surface area contributed by atoms with Crippen LogP contribution < -0.4 is 10.6 Å². The zero-order valence-electron chi connectivity index (χ0n) is 22.3. The Hall–Kier alpha value is -4.25. The molecular formula is C29H33N5O5S. The number of nitrogens with one attached hydrogen (secondary N) is 2. The Morgan fingerprint density at radius 3 is 2.33 bits per heavy atom. The van der Waals surface area contributed by atoms with Crippen molar-refractivity contribution in [3.05, 3.63) is 106 Å². The Bertz CT molecular complexity index is 1260. The molecule has 3 aromatic rings. The van der Waals surface area contributed by atoms with Crippen LogP contribution in [0.4, 0.5) is 10.5 Å². The predicted molar refractivity (Wildman–Crippen MR) is 155 cm³/mol. The monoisotopic (exact) mass is 563 g/mol. The van der Waals surface area contributed by atoms with Crippen molar-refractivity contribution in [3.8, 4) is 0 Å². The second-order valence-corrected chi connectivity index (χ2v) is 10.3. The molecule has 0 radical (unpaired) electrons. The van der Waals surface area contributed by atoms with E-state index in [1.165, 1.54) is 19.1 Å². The molecule has 2 N–H and O–H groups in total. The number of amides is 3. The van der Waals surface area contributed by atoms with Gasteiger partial charge in [-0.05, 0) is 29.7 Å². The normalized spacial score (nSPS) is 11.3. The van der Waals surface area contributed by atoms with Crippen LogP contribution in [-0.4, -0.2) is 63.3 Å².